The SMILES string of the molecule is CC(C)(C)C1CCCN(c2cccc(C(=O)O)n2)CC1. The molecule has 1 aromatic rings. The molecule has 0 saturated carbocycles. The lowest BCUT2D eigenvalue weighted by molar-refractivity contribution is 0.0690. The lowest BCUT2D eigenvalue weighted by atomic mass is 9.77. The van der Waals surface area contributed by atoms with Gasteiger partial charge in [-0.25, -0.2) is 9.78 Å². The van der Waals surface area contributed by atoms with Crippen molar-refractivity contribution >= 4 is 11.8 Å². The smallest absolute Gasteiger partial charge is 0.354 e. The van der Waals surface area contributed by atoms with Gasteiger partial charge >= 0.3 is 5.97 Å². The molecule has 4 heteroatoms. The fourth-order valence-electron chi connectivity index (χ4n) is 2.91. The van der Waals surface area contributed by atoms with Crippen LogP contribution in [0.1, 0.15) is 50.5 Å². The minimum absolute atomic E-state index is 0.124. The minimum Gasteiger partial charge on any atom is -0.477 e. The summed E-state index contributed by atoms with van der Waals surface area (Å²) >= 11 is 0. The van der Waals surface area contributed by atoms with Crippen LogP contribution in [-0.2, 0) is 0 Å². The number of carboxylic acids is 1. The van der Waals surface area contributed by atoms with Crippen molar-refractivity contribution in [2.75, 3.05) is 18.0 Å². The number of anilines is 1. The topological polar surface area (TPSA) is 53.4 Å². The Bertz CT molecular complexity index is 480. The number of carboxylic acid groups (broad SMARTS) is 1. The van der Waals surface area contributed by atoms with Crippen LogP contribution in [0.3, 0.4) is 0 Å². The van der Waals surface area contributed by atoms with Crippen molar-refractivity contribution < 1.29 is 9.90 Å². The van der Waals surface area contributed by atoms with Crippen LogP contribution >= 0.6 is 0 Å². The number of aromatic nitrogens is 1. The van der Waals surface area contributed by atoms with Gasteiger partial charge in [0.1, 0.15) is 5.82 Å². The predicted molar refractivity (Wildman–Crippen MR) is 80.2 cm³/mol. The highest BCUT2D eigenvalue weighted by atomic mass is 16.4. The van der Waals surface area contributed by atoms with Crippen LogP contribution in [0.5, 0.6) is 0 Å². The molecule has 0 aliphatic carbocycles. The van der Waals surface area contributed by atoms with Gasteiger partial charge in [-0.3, -0.25) is 0 Å². The van der Waals surface area contributed by atoms with Crippen LogP contribution in [0.15, 0.2) is 18.2 Å². The fraction of sp³-hybridized carbons (Fsp3) is 0.625. The van der Waals surface area contributed by atoms with E-state index in [9.17, 15) is 4.79 Å². The van der Waals surface area contributed by atoms with Crippen LogP contribution in [0.2, 0.25) is 0 Å². The summed E-state index contributed by atoms with van der Waals surface area (Å²) in [7, 11) is 0. The summed E-state index contributed by atoms with van der Waals surface area (Å²) in [5.74, 6) is 0.545. The van der Waals surface area contributed by atoms with E-state index >= 15 is 0 Å². The second-order valence-electron chi connectivity index (χ2n) is 6.67. The standard InChI is InChI=1S/C16H24N2O2/c1-16(2,3)12-6-5-10-18(11-9-12)14-8-4-7-13(17-14)15(19)20/h4,7-8,12H,5-6,9-11H2,1-3H3,(H,19,20). The summed E-state index contributed by atoms with van der Waals surface area (Å²) < 4.78 is 0. The molecule has 1 unspecified atom stereocenters. The van der Waals surface area contributed by atoms with Crippen molar-refractivity contribution in [3.8, 4) is 0 Å². The lowest BCUT2D eigenvalue weighted by Crippen LogP contribution is -2.27. The molecular formula is C16H24N2O2. The highest BCUT2D eigenvalue weighted by Gasteiger charge is 2.27. The molecule has 1 aliphatic rings. The predicted octanol–water partition coefficient (Wildman–Crippen LogP) is 3.43. The van der Waals surface area contributed by atoms with Gasteiger partial charge in [0, 0.05) is 13.1 Å². The minimum atomic E-state index is -0.964. The van der Waals surface area contributed by atoms with Gasteiger partial charge in [0.05, 0.1) is 0 Å². The van der Waals surface area contributed by atoms with E-state index in [2.05, 4.69) is 30.7 Å². The first kappa shape index (κ1) is 14.8. The van der Waals surface area contributed by atoms with Gasteiger partial charge in [-0.15, -0.1) is 0 Å². The largest absolute Gasteiger partial charge is 0.477 e. The molecule has 0 spiro atoms. The monoisotopic (exact) mass is 276 g/mol. The highest BCUT2D eigenvalue weighted by Crippen LogP contribution is 2.34. The van der Waals surface area contributed by atoms with E-state index < -0.39 is 5.97 Å². The summed E-state index contributed by atoms with van der Waals surface area (Å²) in [5.41, 5.74) is 0.464. The number of hydrogen-bond donors (Lipinski definition) is 1. The third-order valence-electron chi connectivity index (χ3n) is 4.23. The number of nitrogens with zero attached hydrogens (tertiary/aromatic N) is 2. The van der Waals surface area contributed by atoms with Gasteiger partial charge in [-0.1, -0.05) is 26.8 Å². The zero-order valence-corrected chi connectivity index (χ0v) is 12.6. The maximum atomic E-state index is 11.0. The Morgan fingerprint density at radius 1 is 1.30 bits per heavy atom. The Balaban J connectivity index is 2.11. The molecule has 1 fully saturated rings. The summed E-state index contributed by atoms with van der Waals surface area (Å²) in [6, 6.07) is 5.23. The number of rotatable bonds is 2. The van der Waals surface area contributed by atoms with Gasteiger partial charge in [0.25, 0.3) is 0 Å². The molecule has 110 valence electrons. The lowest BCUT2D eigenvalue weighted by Gasteiger charge is -2.29. The molecule has 20 heavy (non-hydrogen) atoms. The summed E-state index contributed by atoms with van der Waals surface area (Å²) in [6.07, 6.45) is 3.52. The second-order valence-corrected chi connectivity index (χ2v) is 6.67. The Hall–Kier alpha value is -1.58. The normalized spacial score (nSPS) is 20.6. The van der Waals surface area contributed by atoms with Crippen molar-refractivity contribution in [1.82, 2.24) is 4.98 Å². The first-order chi connectivity index (χ1) is 9.38. The van der Waals surface area contributed by atoms with E-state index in [0.717, 1.165) is 37.7 Å². The molecule has 0 aromatic carbocycles. The third-order valence-corrected chi connectivity index (χ3v) is 4.23. The van der Waals surface area contributed by atoms with Crippen molar-refractivity contribution in [2.24, 2.45) is 11.3 Å². The molecule has 1 atom stereocenters. The maximum Gasteiger partial charge on any atom is 0.354 e. The first-order valence-electron chi connectivity index (χ1n) is 7.33. The number of pyridine rings is 1. The van der Waals surface area contributed by atoms with Gasteiger partial charge in [-0.05, 0) is 42.7 Å². The Morgan fingerprint density at radius 2 is 2.05 bits per heavy atom. The molecule has 0 radical (unpaired) electrons. The Kier molecular flexibility index (Phi) is 4.31. The zero-order chi connectivity index (χ0) is 14.8. The zero-order valence-electron chi connectivity index (χ0n) is 12.6. The van der Waals surface area contributed by atoms with E-state index in [1.54, 1.807) is 12.1 Å². The third kappa shape index (κ3) is 3.50. The van der Waals surface area contributed by atoms with Crippen LogP contribution in [0.4, 0.5) is 5.82 Å². The molecule has 0 amide bonds. The molecule has 1 aliphatic heterocycles. The number of carbonyl (C=O) groups is 1. The summed E-state index contributed by atoms with van der Waals surface area (Å²) in [5, 5.41) is 9.03. The number of hydrogen-bond acceptors (Lipinski definition) is 3. The van der Waals surface area contributed by atoms with E-state index in [4.69, 9.17) is 5.11 Å². The van der Waals surface area contributed by atoms with Crippen molar-refractivity contribution in [2.45, 2.75) is 40.0 Å². The fourth-order valence-corrected chi connectivity index (χ4v) is 2.91. The van der Waals surface area contributed by atoms with Gasteiger partial charge < -0.3 is 10.0 Å². The van der Waals surface area contributed by atoms with Crippen molar-refractivity contribution in [1.29, 1.82) is 0 Å². The molecule has 1 aromatic heterocycles. The molecule has 4 nitrogen and oxygen atoms in total. The molecule has 1 saturated heterocycles. The average Bonchev–Trinajstić information content (AvgIpc) is 2.64. The van der Waals surface area contributed by atoms with Gasteiger partial charge in [0.2, 0.25) is 0 Å². The van der Waals surface area contributed by atoms with Gasteiger partial charge in [0.15, 0.2) is 5.69 Å². The van der Waals surface area contributed by atoms with Crippen LogP contribution < -0.4 is 4.90 Å². The summed E-state index contributed by atoms with van der Waals surface area (Å²) in [6.45, 7) is 8.82. The van der Waals surface area contributed by atoms with Crippen LogP contribution in [0, 0.1) is 11.3 Å². The van der Waals surface area contributed by atoms with Gasteiger partial charge in [-0.2, -0.15) is 0 Å². The van der Waals surface area contributed by atoms with E-state index in [1.165, 1.54) is 6.42 Å². The highest BCUT2D eigenvalue weighted by molar-refractivity contribution is 5.85. The molecule has 2 rings (SSSR count). The first-order valence-corrected chi connectivity index (χ1v) is 7.33. The number of aromatic carboxylic acids is 1. The Labute approximate surface area is 120 Å². The Morgan fingerprint density at radius 3 is 2.70 bits per heavy atom. The van der Waals surface area contributed by atoms with Crippen LogP contribution in [-0.4, -0.2) is 29.1 Å². The maximum absolute atomic E-state index is 11.0. The van der Waals surface area contributed by atoms with E-state index in [-0.39, 0.29) is 5.69 Å². The molecule has 0 bridgehead atoms. The van der Waals surface area contributed by atoms with Crippen LogP contribution in [0.25, 0.3) is 0 Å². The molecule has 2 heterocycles. The van der Waals surface area contributed by atoms with E-state index in [1.807, 2.05) is 6.07 Å². The van der Waals surface area contributed by atoms with Crippen molar-refractivity contribution in [3.05, 3.63) is 23.9 Å². The molecular weight excluding hydrogens is 252 g/mol. The quantitative estimate of drug-likeness (QED) is 0.899. The van der Waals surface area contributed by atoms with E-state index in [0.29, 0.717) is 5.41 Å². The molecule has 1 N–H and O–H groups in total. The van der Waals surface area contributed by atoms with Crippen molar-refractivity contribution in [3.63, 3.8) is 0 Å². The average molecular weight is 276 g/mol. The second kappa shape index (κ2) is 5.81. The summed E-state index contributed by atoms with van der Waals surface area (Å²) in [4.78, 5) is 17.5.